The molecule has 0 unspecified atom stereocenters. The highest BCUT2D eigenvalue weighted by Crippen LogP contribution is 2.28. The van der Waals surface area contributed by atoms with Crippen molar-refractivity contribution >= 4 is 11.6 Å². The van der Waals surface area contributed by atoms with Crippen LogP contribution in [0, 0.1) is 0 Å². The molecule has 1 aromatic heterocycles. The van der Waals surface area contributed by atoms with E-state index in [4.69, 9.17) is 4.98 Å². The molecule has 0 radical (unpaired) electrons. The van der Waals surface area contributed by atoms with Gasteiger partial charge in [0.2, 0.25) is 0 Å². The van der Waals surface area contributed by atoms with Crippen LogP contribution in [-0.4, -0.2) is 39.4 Å². The Morgan fingerprint density at radius 3 is 2.56 bits per heavy atom. The van der Waals surface area contributed by atoms with E-state index in [1.807, 2.05) is 19.1 Å². The Balaban J connectivity index is 1.87. The van der Waals surface area contributed by atoms with Crippen LogP contribution in [0.1, 0.15) is 62.2 Å². The topological polar surface area (TPSA) is 81.5 Å². The van der Waals surface area contributed by atoms with Gasteiger partial charge >= 0.3 is 0 Å². The zero-order valence-corrected chi connectivity index (χ0v) is 16.6. The smallest absolute Gasteiger partial charge is 0.135 e. The molecule has 6 nitrogen and oxygen atoms in total. The van der Waals surface area contributed by atoms with Crippen LogP contribution in [0.25, 0.3) is 0 Å². The summed E-state index contributed by atoms with van der Waals surface area (Å²) in [7, 11) is 0. The number of aliphatic hydroxyl groups is 2. The standard InChI is InChI=1S/C21H30N4O2/c1-13(2)21-23-19(22-14(3)12-26)10-20(24-21)25-8-7-17-9-16(15(4)27)5-6-18(17)11-25/h5-6,9-10,13-15,26-27H,7-8,11-12H2,1-4H3,(H,22,23,24)/t14-,15+/m1/s1. The van der Waals surface area contributed by atoms with Crippen LogP contribution < -0.4 is 10.2 Å². The van der Waals surface area contributed by atoms with Crippen molar-refractivity contribution < 1.29 is 10.2 Å². The first-order chi connectivity index (χ1) is 12.9. The van der Waals surface area contributed by atoms with E-state index >= 15 is 0 Å². The number of hydrogen-bond donors (Lipinski definition) is 3. The molecule has 0 fully saturated rings. The molecule has 0 spiro atoms. The molecule has 1 aliphatic heterocycles. The summed E-state index contributed by atoms with van der Waals surface area (Å²) in [6, 6.07) is 8.14. The summed E-state index contributed by atoms with van der Waals surface area (Å²) in [5, 5.41) is 22.4. The number of nitrogens with one attached hydrogen (secondary N) is 1. The van der Waals surface area contributed by atoms with Crippen molar-refractivity contribution in [3.8, 4) is 0 Å². The van der Waals surface area contributed by atoms with Crippen molar-refractivity contribution in [3.05, 3.63) is 46.8 Å². The van der Waals surface area contributed by atoms with Crippen LogP contribution in [0.4, 0.5) is 11.6 Å². The molecule has 3 N–H and O–H groups in total. The van der Waals surface area contributed by atoms with Crippen LogP contribution in [0.2, 0.25) is 0 Å². The second-order valence-electron chi connectivity index (χ2n) is 7.73. The maximum absolute atomic E-state index is 9.81. The Hall–Kier alpha value is -2.18. The molecule has 0 amide bonds. The molecule has 146 valence electrons. The molecule has 0 saturated carbocycles. The van der Waals surface area contributed by atoms with Gasteiger partial charge in [0.05, 0.1) is 12.7 Å². The quantitative estimate of drug-likeness (QED) is 0.725. The van der Waals surface area contributed by atoms with Crippen molar-refractivity contribution in [2.24, 2.45) is 0 Å². The maximum Gasteiger partial charge on any atom is 0.135 e. The van der Waals surface area contributed by atoms with E-state index in [9.17, 15) is 10.2 Å². The third kappa shape index (κ3) is 4.57. The summed E-state index contributed by atoms with van der Waals surface area (Å²) in [4.78, 5) is 11.7. The largest absolute Gasteiger partial charge is 0.394 e. The van der Waals surface area contributed by atoms with Gasteiger partial charge in [-0.1, -0.05) is 32.0 Å². The molecular formula is C21H30N4O2. The lowest BCUT2D eigenvalue weighted by Crippen LogP contribution is -2.32. The molecule has 2 atom stereocenters. The Kier molecular flexibility index (Phi) is 5.97. The lowest BCUT2D eigenvalue weighted by atomic mass is 9.96. The summed E-state index contributed by atoms with van der Waals surface area (Å²) < 4.78 is 0. The maximum atomic E-state index is 9.81. The summed E-state index contributed by atoms with van der Waals surface area (Å²) in [5.74, 6) is 2.68. The second kappa shape index (κ2) is 8.23. The predicted octanol–water partition coefficient (Wildman–Crippen LogP) is 3.01. The van der Waals surface area contributed by atoms with Crippen molar-refractivity contribution in [3.63, 3.8) is 0 Å². The summed E-state index contributed by atoms with van der Waals surface area (Å²) >= 11 is 0. The monoisotopic (exact) mass is 370 g/mol. The fraction of sp³-hybridized carbons (Fsp3) is 0.524. The van der Waals surface area contributed by atoms with Crippen LogP contribution >= 0.6 is 0 Å². The minimum atomic E-state index is -0.439. The van der Waals surface area contributed by atoms with Gasteiger partial charge in [-0.05, 0) is 37.0 Å². The van der Waals surface area contributed by atoms with E-state index in [1.54, 1.807) is 6.92 Å². The number of fused-ring (bicyclic) bond motifs is 1. The molecule has 1 aromatic carbocycles. The number of hydrogen-bond acceptors (Lipinski definition) is 6. The fourth-order valence-electron chi connectivity index (χ4n) is 3.27. The Bertz CT molecular complexity index is 792. The average molecular weight is 370 g/mol. The minimum Gasteiger partial charge on any atom is -0.394 e. The molecule has 0 bridgehead atoms. The Labute approximate surface area is 161 Å². The molecule has 0 aliphatic carbocycles. The summed E-state index contributed by atoms with van der Waals surface area (Å²) in [5.41, 5.74) is 3.54. The predicted molar refractivity (Wildman–Crippen MR) is 108 cm³/mol. The first-order valence-electron chi connectivity index (χ1n) is 9.68. The van der Waals surface area contributed by atoms with Gasteiger partial charge in [0.15, 0.2) is 0 Å². The van der Waals surface area contributed by atoms with Gasteiger partial charge in [-0.3, -0.25) is 0 Å². The third-order valence-electron chi connectivity index (χ3n) is 4.96. The van der Waals surface area contributed by atoms with Crippen molar-refractivity contribution in [1.82, 2.24) is 9.97 Å². The van der Waals surface area contributed by atoms with Gasteiger partial charge in [-0.2, -0.15) is 0 Å². The van der Waals surface area contributed by atoms with E-state index in [-0.39, 0.29) is 18.6 Å². The van der Waals surface area contributed by atoms with E-state index in [0.717, 1.165) is 42.5 Å². The summed E-state index contributed by atoms with van der Waals surface area (Å²) in [6.07, 6.45) is 0.484. The lowest BCUT2D eigenvalue weighted by Gasteiger charge is -2.31. The molecular weight excluding hydrogens is 340 g/mol. The van der Waals surface area contributed by atoms with Crippen LogP contribution in [0.5, 0.6) is 0 Å². The van der Waals surface area contributed by atoms with Crippen molar-refractivity contribution in [2.75, 3.05) is 23.4 Å². The highest BCUT2D eigenvalue weighted by atomic mass is 16.3. The fourth-order valence-corrected chi connectivity index (χ4v) is 3.27. The normalized spacial score (nSPS) is 16.2. The van der Waals surface area contributed by atoms with Crippen LogP contribution in [0.3, 0.4) is 0 Å². The molecule has 0 saturated heterocycles. The highest BCUT2D eigenvalue weighted by Gasteiger charge is 2.20. The van der Waals surface area contributed by atoms with Gasteiger partial charge in [0.25, 0.3) is 0 Å². The molecule has 27 heavy (non-hydrogen) atoms. The molecule has 2 aromatic rings. The Morgan fingerprint density at radius 2 is 1.89 bits per heavy atom. The van der Waals surface area contributed by atoms with Crippen LogP contribution in [0.15, 0.2) is 24.3 Å². The average Bonchev–Trinajstić information content (AvgIpc) is 2.66. The van der Waals surface area contributed by atoms with Gasteiger partial charge in [0.1, 0.15) is 17.5 Å². The number of rotatable bonds is 6. The number of nitrogens with zero attached hydrogens (tertiary/aromatic N) is 3. The second-order valence-corrected chi connectivity index (χ2v) is 7.73. The van der Waals surface area contributed by atoms with E-state index in [0.29, 0.717) is 0 Å². The van der Waals surface area contributed by atoms with E-state index < -0.39 is 6.10 Å². The van der Waals surface area contributed by atoms with Gasteiger partial charge in [0, 0.05) is 31.1 Å². The highest BCUT2D eigenvalue weighted by molar-refractivity contribution is 5.52. The number of benzene rings is 1. The molecule has 3 rings (SSSR count). The third-order valence-corrected chi connectivity index (χ3v) is 4.96. The first-order valence-corrected chi connectivity index (χ1v) is 9.68. The molecule has 1 aliphatic rings. The van der Waals surface area contributed by atoms with Gasteiger partial charge < -0.3 is 20.4 Å². The number of aliphatic hydroxyl groups excluding tert-OH is 2. The first kappa shape index (κ1) is 19.6. The van der Waals surface area contributed by atoms with Crippen molar-refractivity contribution in [1.29, 1.82) is 0 Å². The van der Waals surface area contributed by atoms with Gasteiger partial charge in [-0.25, -0.2) is 9.97 Å². The Morgan fingerprint density at radius 1 is 1.11 bits per heavy atom. The SMILES string of the molecule is CC(C)c1nc(N[C@H](C)CO)cc(N2CCc3cc([C@H](C)O)ccc3C2)n1. The molecule has 6 heteroatoms. The molecule has 2 heterocycles. The van der Waals surface area contributed by atoms with E-state index in [1.165, 1.54) is 11.1 Å². The zero-order chi connectivity index (χ0) is 19.6. The van der Waals surface area contributed by atoms with Gasteiger partial charge in [-0.15, -0.1) is 0 Å². The zero-order valence-electron chi connectivity index (χ0n) is 16.6. The summed E-state index contributed by atoms with van der Waals surface area (Å²) in [6.45, 7) is 9.61. The number of anilines is 2. The minimum absolute atomic E-state index is 0.0546. The van der Waals surface area contributed by atoms with E-state index in [2.05, 4.69) is 41.2 Å². The number of aromatic nitrogens is 2. The lowest BCUT2D eigenvalue weighted by molar-refractivity contribution is 0.199. The van der Waals surface area contributed by atoms with Crippen LogP contribution in [-0.2, 0) is 13.0 Å². The van der Waals surface area contributed by atoms with Crippen molar-refractivity contribution in [2.45, 2.75) is 58.7 Å².